The highest BCUT2D eigenvalue weighted by Crippen LogP contribution is 2.21. The molecule has 3 aromatic heterocycles. The van der Waals surface area contributed by atoms with Gasteiger partial charge in [-0.25, -0.2) is 4.68 Å². The molecular weight excluding hydrogens is 480 g/mol. The van der Waals surface area contributed by atoms with Gasteiger partial charge in [-0.15, -0.1) is 16.4 Å². The van der Waals surface area contributed by atoms with Crippen LogP contribution in [-0.2, 0) is 6.54 Å². The van der Waals surface area contributed by atoms with Gasteiger partial charge in [-0.05, 0) is 36.4 Å². The first-order valence-corrected chi connectivity index (χ1v) is 11.3. The fraction of sp³-hybridized carbons (Fsp3) is 0.136. The van der Waals surface area contributed by atoms with Gasteiger partial charge < -0.3 is 15.7 Å². The van der Waals surface area contributed by atoms with Gasteiger partial charge in [-0.1, -0.05) is 22.9 Å². The van der Waals surface area contributed by atoms with E-state index in [1.54, 1.807) is 54.9 Å². The number of halogens is 1. The number of aromatic nitrogens is 4. The first kappa shape index (κ1) is 23.4. The maximum absolute atomic E-state index is 12.8. The Labute approximate surface area is 202 Å². The van der Waals surface area contributed by atoms with Crippen molar-refractivity contribution in [3.8, 4) is 11.4 Å². The summed E-state index contributed by atoms with van der Waals surface area (Å²) in [6, 6.07) is 12.9. The van der Waals surface area contributed by atoms with E-state index in [4.69, 9.17) is 16.7 Å². The van der Waals surface area contributed by atoms with Gasteiger partial charge in [0.05, 0.1) is 39.8 Å². The van der Waals surface area contributed by atoms with E-state index in [0.29, 0.717) is 26.3 Å². The minimum Gasteiger partial charge on any atom is -0.395 e. The SMILES string of the molecule is O=C(NCc1cn(-c2ccc(-n3ccccc3=O)cc2C(=O)NCCO)nn1)c1ccc(Cl)s1. The number of pyridine rings is 1. The van der Waals surface area contributed by atoms with Gasteiger partial charge >= 0.3 is 0 Å². The second kappa shape index (κ2) is 10.4. The monoisotopic (exact) mass is 498 g/mol. The molecule has 1 aromatic carbocycles. The predicted molar refractivity (Wildman–Crippen MR) is 127 cm³/mol. The molecule has 174 valence electrons. The van der Waals surface area contributed by atoms with Crippen LogP contribution < -0.4 is 16.2 Å². The Kier molecular flexibility index (Phi) is 7.16. The van der Waals surface area contributed by atoms with Crippen molar-refractivity contribution < 1.29 is 14.7 Å². The lowest BCUT2D eigenvalue weighted by atomic mass is 10.1. The summed E-state index contributed by atoms with van der Waals surface area (Å²) < 4.78 is 3.34. The number of hydrogen-bond donors (Lipinski definition) is 3. The summed E-state index contributed by atoms with van der Waals surface area (Å²) in [5, 5.41) is 22.6. The molecule has 34 heavy (non-hydrogen) atoms. The zero-order chi connectivity index (χ0) is 24.1. The highest BCUT2D eigenvalue weighted by molar-refractivity contribution is 7.17. The number of carbonyl (C=O) groups is 2. The largest absolute Gasteiger partial charge is 0.395 e. The van der Waals surface area contributed by atoms with Crippen molar-refractivity contribution in [1.29, 1.82) is 0 Å². The number of thiophene rings is 1. The van der Waals surface area contributed by atoms with Gasteiger partial charge in [0.2, 0.25) is 0 Å². The smallest absolute Gasteiger partial charge is 0.261 e. The quantitative estimate of drug-likeness (QED) is 0.339. The second-order valence-corrected chi connectivity index (χ2v) is 8.75. The first-order valence-electron chi connectivity index (χ1n) is 10.1. The van der Waals surface area contributed by atoms with Crippen molar-refractivity contribution in [1.82, 2.24) is 30.2 Å². The molecule has 0 spiro atoms. The molecule has 0 radical (unpaired) electrons. The molecule has 12 heteroatoms. The summed E-state index contributed by atoms with van der Waals surface area (Å²) in [4.78, 5) is 37.7. The Morgan fingerprint density at radius 1 is 1.09 bits per heavy atom. The minimum absolute atomic E-state index is 0.0646. The zero-order valence-corrected chi connectivity index (χ0v) is 19.2. The number of hydrogen-bond acceptors (Lipinski definition) is 7. The molecule has 10 nitrogen and oxygen atoms in total. The van der Waals surface area contributed by atoms with Crippen LogP contribution in [0.5, 0.6) is 0 Å². The third-order valence-electron chi connectivity index (χ3n) is 4.74. The Hall–Kier alpha value is -3.80. The normalized spacial score (nSPS) is 10.8. The first-order chi connectivity index (χ1) is 16.5. The number of aliphatic hydroxyl groups is 1. The Morgan fingerprint density at radius 3 is 2.68 bits per heavy atom. The van der Waals surface area contributed by atoms with Crippen LogP contribution in [0.3, 0.4) is 0 Å². The third-order valence-corrected chi connectivity index (χ3v) is 5.97. The molecular formula is C22H19ClN6O4S. The topological polar surface area (TPSA) is 131 Å². The van der Waals surface area contributed by atoms with Crippen LogP contribution in [0, 0.1) is 0 Å². The third kappa shape index (κ3) is 5.22. The lowest BCUT2D eigenvalue weighted by molar-refractivity contribution is 0.0940. The molecule has 3 heterocycles. The number of carbonyl (C=O) groups excluding carboxylic acids is 2. The highest BCUT2D eigenvalue weighted by atomic mass is 35.5. The van der Waals surface area contributed by atoms with Crippen LogP contribution in [0.15, 0.2) is 65.7 Å². The Balaban J connectivity index is 1.61. The minimum atomic E-state index is -0.449. The molecule has 0 unspecified atom stereocenters. The molecule has 0 bridgehead atoms. The van der Waals surface area contributed by atoms with Crippen molar-refractivity contribution in [2.75, 3.05) is 13.2 Å². The van der Waals surface area contributed by atoms with Crippen LogP contribution in [0.2, 0.25) is 4.34 Å². The van der Waals surface area contributed by atoms with Crippen molar-refractivity contribution in [2.45, 2.75) is 6.54 Å². The van der Waals surface area contributed by atoms with Crippen LogP contribution >= 0.6 is 22.9 Å². The number of nitrogens with one attached hydrogen (secondary N) is 2. The van der Waals surface area contributed by atoms with E-state index in [1.807, 2.05) is 0 Å². The average Bonchev–Trinajstić information content (AvgIpc) is 3.50. The van der Waals surface area contributed by atoms with E-state index in [0.717, 1.165) is 0 Å². The predicted octanol–water partition coefficient (Wildman–Crippen LogP) is 1.79. The van der Waals surface area contributed by atoms with E-state index in [1.165, 1.54) is 26.7 Å². The van der Waals surface area contributed by atoms with Crippen molar-refractivity contribution in [3.63, 3.8) is 0 Å². The number of aliphatic hydroxyl groups excluding tert-OH is 1. The van der Waals surface area contributed by atoms with Gasteiger partial charge in [0, 0.05) is 24.5 Å². The number of rotatable bonds is 8. The lowest BCUT2D eigenvalue weighted by Gasteiger charge is -2.12. The number of amides is 2. The zero-order valence-electron chi connectivity index (χ0n) is 17.6. The van der Waals surface area contributed by atoms with Gasteiger partial charge in [-0.2, -0.15) is 0 Å². The van der Waals surface area contributed by atoms with Crippen LogP contribution in [-0.4, -0.2) is 49.6 Å². The molecule has 0 saturated carbocycles. The van der Waals surface area contributed by atoms with Gasteiger partial charge in [0.1, 0.15) is 5.69 Å². The van der Waals surface area contributed by atoms with Crippen LogP contribution in [0.4, 0.5) is 0 Å². The van der Waals surface area contributed by atoms with Gasteiger partial charge in [-0.3, -0.25) is 19.0 Å². The van der Waals surface area contributed by atoms with Crippen molar-refractivity contribution in [3.05, 3.63) is 91.7 Å². The van der Waals surface area contributed by atoms with Crippen molar-refractivity contribution in [2.24, 2.45) is 0 Å². The van der Waals surface area contributed by atoms with Crippen molar-refractivity contribution >= 4 is 34.8 Å². The highest BCUT2D eigenvalue weighted by Gasteiger charge is 2.17. The van der Waals surface area contributed by atoms with E-state index >= 15 is 0 Å². The molecule has 4 aromatic rings. The van der Waals surface area contributed by atoms with E-state index in [2.05, 4.69) is 20.9 Å². The molecule has 2 amide bonds. The maximum atomic E-state index is 12.8. The van der Waals surface area contributed by atoms with Crippen LogP contribution in [0.25, 0.3) is 11.4 Å². The molecule has 0 atom stereocenters. The summed E-state index contributed by atoms with van der Waals surface area (Å²) >= 11 is 7.04. The summed E-state index contributed by atoms with van der Waals surface area (Å²) in [6.45, 7) is -0.0332. The number of benzene rings is 1. The Bertz CT molecular complexity index is 1400. The fourth-order valence-corrected chi connectivity index (χ4v) is 4.11. The second-order valence-electron chi connectivity index (χ2n) is 7.03. The van der Waals surface area contributed by atoms with E-state index < -0.39 is 5.91 Å². The van der Waals surface area contributed by atoms with E-state index in [-0.39, 0.29) is 36.7 Å². The summed E-state index contributed by atoms with van der Waals surface area (Å²) in [5.41, 5.74) is 1.36. The van der Waals surface area contributed by atoms with Crippen LogP contribution in [0.1, 0.15) is 25.7 Å². The van der Waals surface area contributed by atoms with Gasteiger partial charge in [0.25, 0.3) is 17.4 Å². The Morgan fingerprint density at radius 2 is 1.94 bits per heavy atom. The summed E-state index contributed by atoms with van der Waals surface area (Å²) in [5.74, 6) is -0.733. The molecule has 0 aliphatic carbocycles. The average molecular weight is 499 g/mol. The fourth-order valence-electron chi connectivity index (χ4n) is 3.15. The number of nitrogens with zero attached hydrogens (tertiary/aromatic N) is 4. The molecule has 3 N–H and O–H groups in total. The maximum Gasteiger partial charge on any atom is 0.261 e. The van der Waals surface area contributed by atoms with E-state index in [9.17, 15) is 14.4 Å². The van der Waals surface area contributed by atoms with Gasteiger partial charge in [0.15, 0.2) is 0 Å². The molecule has 0 saturated heterocycles. The standard InChI is InChI=1S/C22H19ClN6O4S/c23-19-7-6-18(34-19)22(33)25-12-14-13-29(27-26-14)17-5-4-15(28-9-2-1-3-20(28)31)11-16(17)21(32)24-8-10-30/h1-7,9,11,13,30H,8,10,12H2,(H,24,32)(H,25,33). The molecule has 0 fully saturated rings. The summed E-state index contributed by atoms with van der Waals surface area (Å²) in [6.07, 6.45) is 3.19. The summed E-state index contributed by atoms with van der Waals surface area (Å²) in [7, 11) is 0. The lowest BCUT2D eigenvalue weighted by Crippen LogP contribution is -2.28. The molecule has 0 aliphatic rings. The molecule has 4 rings (SSSR count). The molecule has 0 aliphatic heterocycles.